The molecule has 14 nitrogen and oxygen atoms in total. The minimum absolute atomic E-state index is 0.0000843. The van der Waals surface area contributed by atoms with Gasteiger partial charge in [0.2, 0.25) is 0 Å². The van der Waals surface area contributed by atoms with Crippen LogP contribution in [0.5, 0.6) is 0 Å². The zero-order chi connectivity index (χ0) is 48.0. The summed E-state index contributed by atoms with van der Waals surface area (Å²) in [6.07, 6.45) is -1.02. The number of halogens is 6. The normalized spacial score (nSPS) is 11.0. The third kappa shape index (κ3) is 18.2. The van der Waals surface area contributed by atoms with Gasteiger partial charge in [-0.1, -0.05) is 66.7 Å². The summed E-state index contributed by atoms with van der Waals surface area (Å²) >= 11 is 0. The molecule has 0 unspecified atom stereocenters. The predicted octanol–water partition coefficient (Wildman–Crippen LogP) is 9.86. The van der Waals surface area contributed by atoms with Crippen molar-refractivity contribution < 1.29 is 65.0 Å². The van der Waals surface area contributed by atoms with Crippen LogP contribution in [0.15, 0.2) is 140 Å². The first-order valence-electron chi connectivity index (χ1n) is 18.5. The highest BCUT2D eigenvalue weighted by Crippen LogP contribution is 2.32. The van der Waals surface area contributed by atoms with E-state index < -0.39 is 47.4 Å². The zero-order valence-corrected chi connectivity index (χ0v) is 34.2. The van der Waals surface area contributed by atoms with Crippen molar-refractivity contribution in [3.8, 4) is 0 Å². The predicted molar refractivity (Wildman–Crippen MR) is 233 cm³/mol. The van der Waals surface area contributed by atoms with Gasteiger partial charge in [0, 0.05) is 46.7 Å². The third-order valence-corrected chi connectivity index (χ3v) is 8.03. The first-order chi connectivity index (χ1) is 30.8. The van der Waals surface area contributed by atoms with E-state index >= 15 is 0 Å². The van der Waals surface area contributed by atoms with Crippen LogP contribution in [0.3, 0.4) is 0 Å². The van der Waals surface area contributed by atoms with Gasteiger partial charge in [-0.15, -0.1) is 0 Å². The number of carbonyl (C=O) groups is 5. The Morgan fingerprint density at radius 1 is 0.523 bits per heavy atom. The second-order valence-corrected chi connectivity index (χ2v) is 12.6. The molecule has 0 saturated heterocycles. The van der Waals surface area contributed by atoms with E-state index in [0.717, 1.165) is 35.9 Å². The summed E-state index contributed by atoms with van der Waals surface area (Å²) in [6.45, 7) is 0. The van der Waals surface area contributed by atoms with E-state index in [0.29, 0.717) is 28.2 Å². The average molecular weight is 907 g/mol. The molecule has 0 aliphatic carbocycles. The fraction of sp³-hybridized carbons (Fsp3) is 0.0889. The Kier molecular flexibility index (Phi) is 19.5. The molecule has 0 atom stereocenters. The molecule has 0 saturated carbocycles. The Morgan fingerprint density at radius 2 is 0.908 bits per heavy atom. The first-order valence-corrected chi connectivity index (χ1v) is 18.5. The van der Waals surface area contributed by atoms with Crippen molar-refractivity contribution in [2.24, 2.45) is 0 Å². The summed E-state index contributed by atoms with van der Waals surface area (Å²) in [5.41, 5.74) is 8.43. The third-order valence-electron chi connectivity index (χ3n) is 8.03. The molecule has 5 amide bonds. The lowest BCUT2D eigenvalue weighted by atomic mass is 10.1. The number of benzene rings is 5. The molecule has 0 radical (unpaired) electrons. The molecule has 0 aromatic heterocycles. The number of nitrogen functional groups attached to an aromatic ring is 1. The number of hydroxylamine groups is 1. The molecular weight excluding hydrogens is 867 g/mol. The van der Waals surface area contributed by atoms with Crippen molar-refractivity contribution in [2.75, 3.05) is 41.2 Å². The number of para-hydroxylation sites is 3. The van der Waals surface area contributed by atoms with Gasteiger partial charge in [-0.25, -0.2) is 24.7 Å². The molecule has 65 heavy (non-hydrogen) atoms. The van der Waals surface area contributed by atoms with Crippen LogP contribution in [-0.2, 0) is 36.2 Å². The van der Waals surface area contributed by atoms with E-state index in [-0.39, 0.29) is 17.3 Å². The Bertz CT molecular complexity index is 2390. The number of urea groups is 2. The number of esters is 2. The molecule has 8 N–H and O–H groups in total. The Morgan fingerprint density at radius 3 is 1.31 bits per heavy atom. The van der Waals surface area contributed by atoms with Crippen molar-refractivity contribution >= 4 is 76.6 Å². The largest absolute Gasteiger partial charge is 0.466 e. The van der Waals surface area contributed by atoms with E-state index in [1.165, 1.54) is 68.3 Å². The quantitative estimate of drug-likeness (QED) is 0.0177. The van der Waals surface area contributed by atoms with Crippen molar-refractivity contribution in [3.63, 3.8) is 0 Å². The highest BCUT2D eigenvalue weighted by molar-refractivity contribution is 6.02. The zero-order valence-electron chi connectivity index (χ0n) is 34.2. The van der Waals surface area contributed by atoms with Gasteiger partial charge in [0.15, 0.2) is 0 Å². The van der Waals surface area contributed by atoms with Crippen molar-refractivity contribution in [1.29, 1.82) is 0 Å². The van der Waals surface area contributed by atoms with E-state index in [4.69, 9.17) is 10.9 Å². The van der Waals surface area contributed by atoms with Gasteiger partial charge >= 0.3 is 36.4 Å². The number of nitrogens with one attached hydrogen (secondary N) is 5. The molecule has 5 aromatic carbocycles. The molecule has 0 aliphatic heterocycles. The van der Waals surface area contributed by atoms with Crippen molar-refractivity contribution in [3.05, 3.63) is 167 Å². The minimum atomic E-state index is -4.52. The number of rotatable bonds is 10. The number of amides is 5. The van der Waals surface area contributed by atoms with Crippen LogP contribution in [0.1, 0.15) is 27.8 Å². The van der Waals surface area contributed by atoms with Crippen LogP contribution in [-0.4, -0.2) is 49.3 Å². The number of nitrogens with two attached hydrogens (primary N) is 1. The number of alkyl halides is 6. The topological polar surface area (TPSA) is 210 Å². The fourth-order valence-electron chi connectivity index (χ4n) is 4.95. The molecule has 340 valence electrons. The van der Waals surface area contributed by atoms with E-state index in [1.54, 1.807) is 60.7 Å². The summed E-state index contributed by atoms with van der Waals surface area (Å²) in [6, 6.07) is 27.4. The summed E-state index contributed by atoms with van der Waals surface area (Å²) < 4.78 is 85.2. The van der Waals surface area contributed by atoms with E-state index in [2.05, 4.69) is 30.7 Å². The van der Waals surface area contributed by atoms with Gasteiger partial charge in [0.25, 0.3) is 5.91 Å². The summed E-state index contributed by atoms with van der Waals surface area (Å²) in [5.74, 6) is -1.70. The first kappa shape index (κ1) is 51.0. The second-order valence-electron chi connectivity index (χ2n) is 12.6. The Hall–Kier alpha value is -8.39. The lowest BCUT2D eigenvalue weighted by Gasteiger charge is -2.12. The fourth-order valence-corrected chi connectivity index (χ4v) is 4.95. The average Bonchev–Trinajstić information content (AvgIpc) is 3.27. The monoisotopic (exact) mass is 906 g/mol. The minimum Gasteiger partial charge on any atom is -0.466 e. The number of ether oxygens (including phenoxy) is 2. The molecule has 5 rings (SSSR count). The highest BCUT2D eigenvalue weighted by Gasteiger charge is 2.31. The molecule has 0 fully saturated rings. The number of methoxy groups -OCH3 is 2. The van der Waals surface area contributed by atoms with Crippen LogP contribution in [0.4, 0.5) is 64.4 Å². The number of anilines is 5. The smallest absolute Gasteiger partial charge is 0.416 e. The van der Waals surface area contributed by atoms with Gasteiger partial charge in [-0.2, -0.15) is 26.3 Å². The standard InChI is InChI=1S/C18H15F3N2O3.C17H14F3N3O3.C10H11NO2/c1-26-16(24)10-9-12-5-2-3-8-15(12)23-17(25)22-14-7-4-6-13(11-14)18(19,20)21;18-17(19,20)12-5-3-6-13(10-12)21-16(25)22-14-7-2-1-4-11(14)8-9-15(24)23-26;1-13-10(12)7-6-8-4-2-3-5-9(8)11/h2-11H,1H3,(H2,22,23,25);1-10,26H,(H,23,24)(H2,21,22,25);2-7H,11H2,1H3/b10-9+;9-8+;7-6+. The van der Waals surface area contributed by atoms with Crippen molar-refractivity contribution in [2.45, 2.75) is 12.4 Å². The maximum absolute atomic E-state index is 12.7. The molecule has 5 aromatic rings. The van der Waals surface area contributed by atoms with Crippen LogP contribution in [0.25, 0.3) is 18.2 Å². The van der Waals surface area contributed by atoms with E-state index in [9.17, 15) is 50.3 Å². The molecular formula is C45H40F6N6O8. The van der Waals surface area contributed by atoms with Gasteiger partial charge in [-0.3, -0.25) is 10.0 Å². The van der Waals surface area contributed by atoms with Gasteiger partial charge < -0.3 is 36.5 Å². The molecule has 0 bridgehead atoms. The van der Waals surface area contributed by atoms with Gasteiger partial charge in [-0.05, 0) is 89.5 Å². The van der Waals surface area contributed by atoms with E-state index in [1.807, 2.05) is 18.2 Å². The summed E-state index contributed by atoms with van der Waals surface area (Å²) in [4.78, 5) is 57.1. The maximum atomic E-state index is 12.7. The van der Waals surface area contributed by atoms with Gasteiger partial charge in [0.05, 0.1) is 25.3 Å². The lowest BCUT2D eigenvalue weighted by molar-refractivity contribution is -0.138. The molecule has 0 aliphatic rings. The maximum Gasteiger partial charge on any atom is 0.416 e. The molecule has 0 heterocycles. The molecule has 0 spiro atoms. The Balaban J connectivity index is 0.000000274. The number of carbonyl (C=O) groups excluding carboxylic acids is 5. The number of hydrogen-bond acceptors (Lipinski definition) is 9. The SMILES string of the molecule is COC(=O)/C=C/c1ccccc1N.COC(=O)/C=C/c1ccccc1NC(=O)Nc1cccc(C(F)(F)F)c1.O=C(/C=C/c1ccccc1NC(=O)Nc1cccc(C(F)(F)F)c1)NO. The van der Waals surface area contributed by atoms with Crippen LogP contribution < -0.4 is 32.5 Å². The van der Waals surface area contributed by atoms with Gasteiger partial charge in [0.1, 0.15) is 0 Å². The van der Waals surface area contributed by atoms with Crippen LogP contribution >= 0.6 is 0 Å². The lowest BCUT2D eigenvalue weighted by Crippen LogP contribution is -2.20. The van der Waals surface area contributed by atoms with Crippen LogP contribution in [0.2, 0.25) is 0 Å². The summed E-state index contributed by atoms with van der Waals surface area (Å²) in [5, 5.41) is 18.1. The number of hydrogen-bond donors (Lipinski definition) is 7. The van der Waals surface area contributed by atoms with Crippen LogP contribution in [0, 0.1) is 0 Å². The van der Waals surface area contributed by atoms with Crippen molar-refractivity contribution in [1.82, 2.24) is 5.48 Å². The summed E-state index contributed by atoms with van der Waals surface area (Å²) in [7, 11) is 2.57. The highest BCUT2D eigenvalue weighted by atomic mass is 19.4. The molecule has 20 heteroatoms. The Labute approximate surface area is 367 Å². The second kappa shape index (κ2) is 24.9.